The summed E-state index contributed by atoms with van der Waals surface area (Å²) in [6.45, 7) is 0.205. The first-order valence-corrected chi connectivity index (χ1v) is 5.93. The highest BCUT2D eigenvalue weighted by Crippen LogP contribution is 2.23. The van der Waals surface area contributed by atoms with Gasteiger partial charge in [0.2, 0.25) is 10.0 Å². The summed E-state index contributed by atoms with van der Waals surface area (Å²) >= 11 is 0. The minimum absolute atomic E-state index is 0. The van der Waals surface area contributed by atoms with Gasteiger partial charge >= 0.3 is 0 Å². The maximum Gasteiger partial charge on any atom is 0.241 e. The minimum Gasteiger partial charge on any atom is -0.495 e. The van der Waals surface area contributed by atoms with Gasteiger partial charge in [-0.3, -0.25) is 0 Å². The van der Waals surface area contributed by atoms with E-state index in [0.717, 1.165) is 0 Å². The number of hydrogen-bond donors (Lipinski definition) is 2. The number of hydrogen-bond acceptors (Lipinski definition) is 4. The van der Waals surface area contributed by atoms with Crippen molar-refractivity contribution in [2.24, 2.45) is 10.9 Å². The Bertz CT molecular complexity index is 546. The number of primary sulfonamides is 1. The standard InChI is InChI=1S/C10H12N2O3S.ClH/c1-15-9-5-4-8(3-2-6-11)7-10(9)16(12,13)14;/h4-5,7H,6,11H2,1H3,(H2,12,13,14);1H. The molecule has 5 nitrogen and oxygen atoms in total. The molecule has 0 spiro atoms. The Morgan fingerprint density at radius 2 is 2.06 bits per heavy atom. The highest BCUT2D eigenvalue weighted by Gasteiger charge is 2.14. The Hall–Kier alpha value is -1.26. The van der Waals surface area contributed by atoms with Crippen LogP contribution in [0.15, 0.2) is 23.1 Å². The number of benzene rings is 1. The predicted molar refractivity (Wildman–Crippen MR) is 67.5 cm³/mol. The maximum atomic E-state index is 11.3. The van der Waals surface area contributed by atoms with Crippen LogP contribution in [-0.4, -0.2) is 22.1 Å². The van der Waals surface area contributed by atoms with Gasteiger partial charge in [0.1, 0.15) is 10.6 Å². The molecule has 0 unspecified atom stereocenters. The van der Waals surface area contributed by atoms with Crippen molar-refractivity contribution >= 4 is 22.4 Å². The van der Waals surface area contributed by atoms with E-state index < -0.39 is 10.0 Å². The third-order valence-electron chi connectivity index (χ3n) is 1.80. The summed E-state index contributed by atoms with van der Waals surface area (Å²) in [5, 5.41) is 5.05. The third-order valence-corrected chi connectivity index (χ3v) is 2.74. The van der Waals surface area contributed by atoms with Crippen molar-refractivity contribution in [3.8, 4) is 17.6 Å². The van der Waals surface area contributed by atoms with Crippen LogP contribution in [0.3, 0.4) is 0 Å². The van der Waals surface area contributed by atoms with Crippen LogP contribution in [0.4, 0.5) is 0 Å². The number of ether oxygens (including phenoxy) is 1. The van der Waals surface area contributed by atoms with Gasteiger partial charge < -0.3 is 10.5 Å². The molecule has 7 heteroatoms. The molecule has 0 bridgehead atoms. The van der Waals surface area contributed by atoms with Gasteiger partial charge in [0, 0.05) is 5.56 Å². The van der Waals surface area contributed by atoms with Crippen LogP contribution in [0.2, 0.25) is 0 Å². The Morgan fingerprint density at radius 3 is 2.53 bits per heavy atom. The van der Waals surface area contributed by atoms with Gasteiger partial charge in [-0.15, -0.1) is 12.4 Å². The summed E-state index contributed by atoms with van der Waals surface area (Å²) in [4.78, 5) is -0.0844. The second-order valence-corrected chi connectivity index (χ2v) is 4.45. The molecule has 0 saturated carbocycles. The molecule has 0 heterocycles. The summed E-state index contributed by atoms with van der Waals surface area (Å²) in [5.74, 6) is 5.53. The summed E-state index contributed by atoms with van der Waals surface area (Å²) in [5.41, 5.74) is 5.74. The number of methoxy groups -OCH3 is 1. The molecule has 0 saturated heterocycles. The second kappa shape index (κ2) is 6.47. The molecule has 4 N–H and O–H groups in total. The molecule has 1 aromatic rings. The monoisotopic (exact) mass is 276 g/mol. The van der Waals surface area contributed by atoms with Gasteiger partial charge in [-0.05, 0) is 18.2 Å². The Morgan fingerprint density at radius 1 is 1.41 bits per heavy atom. The van der Waals surface area contributed by atoms with E-state index in [1.807, 2.05) is 0 Å². The van der Waals surface area contributed by atoms with E-state index in [9.17, 15) is 8.42 Å². The van der Waals surface area contributed by atoms with E-state index in [0.29, 0.717) is 5.56 Å². The lowest BCUT2D eigenvalue weighted by Crippen LogP contribution is -2.13. The lowest BCUT2D eigenvalue weighted by atomic mass is 10.2. The fourth-order valence-electron chi connectivity index (χ4n) is 1.13. The highest BCUT2D eigenvalue weighted by molar-refractivity contribution is 7.89. The van der Waals surface area contributed by atoms with Gasteiger partial charge in [0.05, 0.1) is 13.7 Å². The topological polar surface area (TPSA) is 95.4 Å². The molecule has 0 aliphatic rings. The van der Waals surface area contributed by atoms with E-state index in [2.05, 4.69) is 11.8 Å². The molecular weight excluding hydrogens is 264 g/mol. The summed E-state index contributed by atoms with van der Waals surface area (Å²) in [6.07, 6.45) is 0. The largest absolute Gasteiger partial charge is 0.495 e. The zero-order chi connectivity index (χ0) is 12.2. The van der Waals surface area contributed by atoms with E-state index in [1.54, 1.807) is 6.07 Å². The number of halogens is 1. The fourth-order valence-corrected chi connectivity index (χ4v) is 1.85. The molecule has 1 aromatic carbocycles. The van der Waals surface area contributed by atoms with Crippen molar-refractivity contribution in [1.82, 2.24) is 0 Å². The van der Waals surface area contributed by atoms with Crippen LogP contribution in [0, 0.1) is 11.8 Å². The molecule has 0 radical (unpaired) electrons. The summed E-state index contributed by atoms with van der Waals surface area (Å²) in [6, 6.07) is 4.49. The number of nitrogens with two attached hydrogens (primary N) is 2. The third kappa shape index (κ3) is 4.24. The zero-order valence-electron chi connectivity index (χ0n) is 9.14. The van der Waals surface area contributed by atoms with E-state index >= 15 is 0 Å². The molecule has 94 valence electrons. The van der Waals surface area contributed by atoms with Crippen LogP contribution in [0.25, 0.3) is 0 Å². The first kappa shape index (κ1) is 15.7. The van der Waals surface area contributed by atoms with E-state index in [1.165, 1.54) is 19.2 Å². The van der Waals surface area contributed by atoms with Crippen molar-refractivity contribution in [3.63, 3.8) is 0 Å². The van der Waals surface area contributed by atoms with Gasteiger partial charge in [-0.1, -0.05) is 11.8 Å². The van der Waals surface area contributed by atoms with Crippen molar-refractivity contribution in [2.75, 3.05) is 13.7 Å². The number of sulfonamides is 1. The molecule has 1 rings (SSSR count). The van der Waals surface area contributed by atoms with Crippen LogP contribution >= 0.6 is 12.4 Å². The summed E-state index contributed by atoms with van der Waals surface area (Å²) in [7, 11) is -2.45. The van der Waals surface area contributed by atoms with Crippen LogP contribution < -0.4 is 15.6 Å². The average molecular weight is 277 g/mol. The molecular formula is C10H13ClN2O3S. The molecule has 0 aliphatic heterocycles. The van der Waals surface area contributed by atoms with Crippen LogP contribution in [-0.2, 0) is 10.0 Å². The normalized spacial score (nSPS) is 9.82. The lowest BCUT2D eigenvalue weighted by Gasteiger charge is -2.06. The molecule has 0 aromatic heterocycles. The van der Waals surface area contributed by atoms with E-state index in [-0.39, 0.29) is 29.6 Å². The van der Waals surface area contributed by atoms with Gasteiger partial charge in [-0.25, -0.2) is 13.6 Å². The van der Waals surface area contributed by atoms with Gasteiger partial charge in [0.15, 0.2) is 0 Å². The Labute approximate surface area is 107 Å². The van der Waals surface area contributed by atoms with Crippen molar-refractivity contribution < 1.29 is 13.2 Å². The van der Waals surface area contributed by atoms with Gasteiger partial charge in [0.25, 0.3) is 0 Å². The fraction of sp³-hybridized carbons (Fsp3) is 0.200. The Kier molecular flexibility index (Phi) is 5.99. The number of rotatable bonds is 2. The SMILES string of the molecule is COc1ccc(C#CCN)cc1S(N)(=O)=O.Cl. The zero-order valence-corrected chi connectivity index (χ0v) is 10.8. The average Bonchev–Trinajstić information content (AvgIpc) is 2.24. The predicted octanol–water partition coefficient (Wildman–Crippen LogP) is 0.0746. The smallest absolute Gasteiger partial charge is 0.241 e. The first-order chi connectivity index (χ1) is 7.49. The quantitative estimate of drug-likeness (QED) is 0.748. The van der Waals surface area contributed by atoms with Crippen LogP contribution in [0.5, 0.6) is 5.75 Å². The highest BCUT2D eigenvalue weighted by atomic mass is 35.5. The Balaban J connectivity index is 0.00000256. The van der Waals surface area contributed by atoms with Crippen molar-refractivity contribution in [3.05, 3.63) is 23.8 Å². The molecule has 0 atom stereocenters. The van der Waals surface area contributed by atoms with Crippen LogP contribution in [0.1, 0.15) is 5.56 Å². The van der Waals surface area contributed by atoms with E-state index in [4.69, 9.17) is 15.6 Å². The molecule has 17 heavy (non-hydrogen) atoms. The first-order valence-electron chi connectivity index (χ1n) is 4.39. The molecule has 0 aliphatic carbocycles. The maximum absolute atomic E-state index is 11.3. The molecule has 0 fully saturated rings. The van der Waals surface area contributed by atoms with Gasteiger partial charge in [-0.2, -0.15) is 0 Å². The molecule has 0 amide bonds. The van der Waals surface area contributed by atoms with Crippen molar-refractivity contribution in [1.29, 1.82) is 0 Å². The minimum atomic E-state index is -3.82. The second-order valence-electron chi connectivity index (χ2n) is 2.92. The van der Waals surface area contributed by atoms with Crippen molar-refractivity contribution in [2.45, 2.75) is 4.90 Å². The summed E-state index contributed by atoms with van der Waals surface area (Å²) < 4.78 is 27.4. The lowest BCUT2D eigenvalue weighted by molar-refractivity contribution is 0.402.